The Bertz CT molecular complexity index is 2580. The van der Waals surface area contributed by atoms with E-state index in [2.05, 4.69) is 214 Å². The van der Waals surface area contributed by atoms with Crippen LogP contribution in [0.1, 0.15) is 64.6 Å². The van der Waals surface area contributed by atoms with Crippen molar-refractivity contribution in [1.29, 1.82) is 0 Å². The number of rotatable bonds is 14. The molecular weight excluding hydrogens is 701 g/mol. The van der Waals surface area contributed by atoms with Crippen LogP contribution in [0.3, 0.4) is 0 Å². The minimum atomic E-state index is 0.0689. The molecule has 0 saturated carbocycles. The van der Waals surface area contributed by atoms with Crippen LogP contribution in [0.25, 0.3) is 50.7 Å². The van der Waals surface area contributed by atoms with Crippen molar-refractivity contribution in [1.82, 2.24) is 4.57 Å². The van der Waals surface area contributed by atoms with E-state index < -0.39 is 0 Å². The molecule has 2 atom stereocenters. The number of allylic oxidation sites excluding steroid dienone is 16. The minimum absolute atomic E-state index is 0.0689. The molecule has 0 fully saturated rings. The van der Waals surface area contributed by atoms with Gasteiger partial charge in [-0.15, -0.1) is 0 Å². The topological polar surface area (TPSA) is 8.17 Å². The van der Waals surface area contributed by atoms with Crippen LogP contribution in [0.5, 0.6) is 0 Å². The van der Waals surface area contributed by atoms with Crippen molar-refractivity contribution in [2.45, 2.75) is 59.4 Å². The second kappa shape index (κ2) is 18.7. The van der Waals surface area contributed by atoms with E-state index in [1.165, 1.54) is 72.2 Å². The summed E-state index contributed by atoms with van der Waals surface area (Å²) in [5, 5.41) is 3.78. The number of fused-ring (bicyclic) bond motifs is 2. The van der Waals surface area contributed by atoms with Crippen LogP contribution in [-0.2, 0) is 0 Å². The molecule has 0 bridgehead atoms. The molecule has 1 aromatic heterocycles. The molecule has 0 N–H and O–H groups in total. The van der Waals surface area contributed by atoms with Gasteiger partial charge in [0.05, 0.1) is 17.3 Å². The number of hydrogen-bond donors (Lipinski definition) is 0. The molecule has 58 heavy (non-hydrogen) atoms. The minimum Gasteiger partial charge on any atom is -0.338 e. The molecule has 5 aromatic rings. The average molecular weight is 757 g/mol. The fourth-order valence-electron chi connectivity index (χ4n) is 8.78. The van der Waals surface area contributed by atoms with Gasteiger partial charge in [0.2, 0.25) is 0 Å². The number of para-hydroxylation sites is 1. The van der Waals surface area contributed by atoms with E-state index in [9.17, 15) is 0 Å². The van der Waals surface area contributed by atoms with Crippen LogP contribution < -0.4 is 4.90 Å². The van der Waals surface area contributed by atoms with Gasteiger partial charge in [0.1, 0.15) is 0 Å². The largest absolute Gasteiger partial charge is 0.338 e. The second-order valence-corrected chi connectivity index (χ2v) is 15.0. The SMILES string of the molecule is C=C\C=C/C(=C/C=C\C)C(C)C(C=CC)N(C1=CC=C(C2=C(n3c(C=C)c(/C=C\C)c4ccccc43)C=CCC2)CC1)c1ccc(-c2cccc3ccccc23)cc1. The van der Waals surface area contributed by atoms with Gasteiger partial charge in [0.25, 0.3) is 0 Å². The molecule has 4 aromatic carbocycles. The molecule has 7 rings (SSSR count). The Hall–Kier alpha value is -6.38. The van der Waals surface area contributed by atoms with E-state index >= 15 is 0 Å². The van der Waals surface area contributed by atoms with Gasteiger partial charge in [-0.3, -0.25) is 0 Å². The monoisotopic (exact) mass is 756 g/mol. The first-order chi connectivity index (χ1) is 28.5. The lowest BCUT2D eigenvalue weighted by Gasteiger charge is -2.39. The van der Waals surface area contributed by atoms with E-state index in [4.69, 9.17) is 0 Å². The summed E-state index contributed by atoms with van der Waals surface area (Å²) in [7, 11) is 0. The molecule has 0 aliphatic heterocycles. The van der Waals surface area contributed by atoms with Gasteiger partial charge in [-0.2, -0.15) is 0 Å². The van der Waals surface area contributed by atoms with Crippen LogP contribution >= 0.6 is 0 Å². The molecule has 290 valence electrons. The fourth-order valence-corrected chi connectivity index (χ4v) is 8.78. The summed E-state index contributed by atoms with van der Waals surface area (Å²) in [6.45, 7) is 16.9. The molecule has 0 amide bonds. The molecule has 1 heterocycles. The van der Waals surface area contributed by atoms with Gasteiger partial charge in [-0.05, 0) is 122 Å². The predicted molar refractivity (Wildman–Crippen MR) is 256 cm³/mol. The summed E-state index contributed by atoms with van der Waals surface area (Å²) in [5.74, 6) is 0.177. The number of anilines is 1. The Morgan fingerprint density at radius 1 is 0.776 bits per heavy atom. The van der Waals surface area contributed by atoms with Crippen molar-refractivity contribution < 1.29 is 0 Å². The Labute approximate surface area is 346 Å². The normalized spacial score (nSPS) is 16.2. The molecule has 2 nitrogen and oxygen atoms in total. The highest BCUT2D eigenvalue weighted by atomic mass is 15.2. The van der Waals surface area contributed by atoms with Crippen LogP contribution in [0.4, 0.5) is 5.69 Å². The van der Waals surface area contributed by atoms with E-state index in [0.29, 0.717) is 0 Å². The van der Waals surface area contributed by atoms with E-state index in [-0.39, 0.29) is 12.0 Å². The summed E-state index contributed by atoms with van der Waals surface area (Å²) < 4.78 is 2.44. The molecule has 0 saturated heterocycles. The van der Waals surface area contributed by atoms with E-state index in [0.717, 1.165) is 31.4 Å². The van der Waals surface area contributed by atoms with Crippen molar-refractivity contribution in [3.63, 3.8) is 0 Å². The fraction of sp³-hybridized carbons (Fsp3) is 0.179. The predicted octanol–water partition coefficient (Wildman–Crippen LogP) is 15.6. The molecule has 0 radical (unpaired) electrons. The highest BCUT2D eigenvalue weighted by molar-refractivity contribution is 5.98. The van der Waals surface area contributed by atoms with Gasteiger partial charge in [-0.1, -0.05) is 166 Å². The second-order valence-electron chi connectivity index (χ2n) is 15.0. The van der Waals surface area contributed by atoms with Crippen LogP contribution in [-0.4, -0.2) is 10.6 Å². The highest BCUT2D eigenvalue weighted by Gasteiger charge is 2.29. The number of aromatic nitrogens is 1. The zero-order valence-electron chi connectivity index (χ0n) is 34.6. The first-order valence-electron chi connectivity index (χ1n) is 20.8. The third kappa shape index (κ3) is 8.06. The summed E-state index contributed by atoms with van der Waals surface area (Å²) >= 11 is 0. The first kappa shape index (κ1) is 39.8. The summed E-state index contributed by atoms with van der Waals surface area (Å²) in [4.78, 5) is 2.59. The molecule has 2 heteroatoms. The summed E-state index contributed by atoms with van der Waals surface area (Å²) in [6.07, 6.45) is 36.9. The molecule has 2 unspecified atom stereocenters. The van der Waals surface area contributed by atoms with Crippen LogP contribution in [0.15, 0.2) is 206 Å². The maximum Gasteiger partial charge on any atom is 0.0584 e. The zero-order chi connectivity index (χ0) is 40.4. The standard InChI is InChI=1S/C56H56N2/c1-7-12-23-42(24-13-8-2)41(6)54(22-10-4)57(46-37-33-44(34-38-46)49-30-20-26-43-25-14-15-27-48(43)49)47-39-35-45(36-40-47)50-28-16-18-31-55(50)58-53(11-5)51(21-9-3)52-29-17-19-32-56(52)58/h7-15,17-27,29-35,37-39,41,54H,1,5,16,28,36,40H2,2-4,6H3/b13-8-,21-9-,22-10?,23-12-,42-24-. The Morgan fingerprint density at radius 3 is 2.28 bits per heavy atom. The zero-order valence-corrected chi connectivity index (χ0v) is 34.6. The summed E-state index contributed by atoms with van der Waals surface area (Å²) in [5.41, 5.74) is 13.9. The molecular formula is C56H56N2. The van der Waals surface area contributed by atoms with Crippen molar-refractivity contribution >= 4 is 45.2 Å². The maximum atomic E-state index is 4.29. The number of hydrogen-bond acceptors (Lipinski definition) is 1. The maximum absolute atomic E-state index is 4.29. The van der Waals surface area contributed by atoms with Crippen molar-refractivity contribution in [3.8, 4) is 11.1 Å². The number of benzene rings is 4. The van der Waals surface area contributed by atoms with Crippen LogP contribution in [0, 0.1) is 5.92 Å². The Kier molecular flexibility index (Phi) is 12.9. The molecule has 2 aliphatic carbocycles. The van der Waals surface area contributed by atoms with E-state index in [1.807, 2.05) is 18.2 Å². The Morgan fingerprint density at radius 2 is 1.55 bits per heavy atom. The number of nitrogens with zero attached hydrogens (tertiary/aromatic N) is 2. The lowest BCUT2D eigenvalue weighted by atomic mass is 9.86. The third-order valence-electron chi connectivity index (χ3n) is 11.6. The average Bonchev–Trinajstić information content (AvgIpc) is 3.59. The lowest BCUT2D eigenvalue weighted by Crippen LogP contribution is -2.39. The van der Waals surface area contributed by atoms with E-state index in [1.54, 1.807) is 0 Å². The smallest absolute Gasteiger partial charge is 0.0584 e. The van der Waals surface area contributed by atoms with Crippen molar-refractivity contribution in [3.05, 3.63) is 217 Å². The van der Waals surface area contributed by atoms with Crippen molar-refractivity contribution in [2.24, 2.45) is 5.92 Å². The van der Waals surface area contributed by atoms with Gasteiger partial charge >= 0.3 is 0 Å². The quantitative estimate of drug-likeness (QED) is 0.0809. The van der Waals surface area contributed by atoms with Crippen molar-refractivity contribution in [2.75, 3.05) is 4.90 Å². The van der Waals surface area contributed by atoms with Gasteiger partial charge in [0.15, 0.2) is 0 Å². The highest BCUT2D eigenvalue weighted by Crippen LogP contribution is 2.41. The summed E-state index contributed by atoms with van der Waals surface area (Å²) in [6, 6.07) is 33.3. The lowest BCUT2D eigenvalue weighted by molar-refractivity contribution is 0.571. The molecule has 0 spiro atoms. The van der Waals surface area contributed by atoms with Crippen LogP contribution in [0.2, 0.25) is 0 Å². The Balaban J connectivity index is 1.35. The van der Waals surface area contributed by atoms with Gasteiger partial charge in [0, 0.05) is 33.9 Å². The molecule has 2 aliphatic rings. The third-order valence-corrected chi connectivity index (χ3v) is 11.6. The first-order valence-corrected chi connectivity index (χ1v) is 20.8. The van der Waals surface area contributed by atoms with Gasteiger partial charge < -0.3 is 9.47 Å². The van der Waals surface area contributed by atoms with Gasteiger partial charge in [-0.25, -0.2) is 0 Å².